The van der Waals surface area contributed by atoms with Gasteiger partial charge in [-0.1, -0.05) is 0 Å². The van der Waals surface area contributed by atoms with Gasteiger partial charge in [-0.3, -0.25) is 4.79 Å². The highest BCUT2D eigenvalue weighted by Gasteiger charge is 2.13. The third-order valence-electron chi connectivity index (χ3n) is 2.50. The summed E-state index contributed by atoms with van der Waals surface area (Å²) >= 11 is 0. The first-order chi connectivity index (χ1) is 7.56. The van der Waals surface area contributed by atoms with E-state index in [1.807, 2.05) is 0 Å². The van der Waals surface area contributed by atoms with E-state index in [4.69, 9.17) is 11.0 Å². The summed E-state index contributed by atoms with van der Waals surface area (Å²) in [5.41, 5.74) is 5.45. The molecule has 2 aromatic rings. The van der Waals surface area contributed by atoms with E-state index in [1.54, 1.807) is 6.07 Å². The van der Waals surface area contributed by atoms with Crippen molar-refractivity contribution in [2.75, 3.05) is 5.73 Å². The number of benzene rings is 1. The summed E-state index contributed by atoms with van der Waals surface area (Å²) in [6.07, 6.45) is 0. The molecule has 0 atom stereocenters. The molecule has 1 aromatic heterocycles. The molecule has 5 heteroatoms. The van der Waals surface area contributed by atoms with E-state index < -0.39 is 11.2 Å². The van der Waals surface area contributed by atoms with Gasteiger partial charge in [0.05, 0.1) is 10.9 Å². The third-order valence-corrected chi connectivity index (χ3v) is 2.50. The van der Waals surface area contributed by atoms with E-state index in [2.05, 4.69) is 4.98 Å². The molecule has 4 nitrogen and oxygen atoms in total. The predicted molar refractivity (Wildman–Crippen MR) is 58.4 cm³/mol. The van der Waals surface area contributed by atoms with Gasteiger partial charge in [0, 0.05) is 0 Å². The third kappa shape index (κ3) is 1.24. The fourth-order valence-electron chi connectivity index (χ4n) is 1.65. The van der Waals surface area contributed by atoms with Crippen molar-refractivity contribution in [3.63, 3.8) is 0 Å². The Labute approximate surface area is 90.1 Å². The van der Waals surface area contributed by atoms with Crippen molar-refractivity contribution < 1.29 is 4.39 Å². The normalized spacial score (nSPS) is 10.3. The molecule has 0 aliphatic rings. The van der Waals surface area contributed by atoms with Crippen LogP contribution >= 0.6 is 0 Å². The second kappa shape index (κ2) is 3.35. The lowest BCUT2D eigenvalue weighted by molar-refractivity contribution is 0.621. The number of aromatic amines is 1. The van der Waals surface area contributed by atoms with Crippen molar-refractivity contribution >= 4 is 16.7 Å². The molecular formula is C11H8FN3O. The summed E-state index contributed by atoms with van der Waals surface area (Å²) in [5.74, 6) is -0.474. The molecule has 0 unspecified atom stereocenters. The number of aryl methyl sites for hydroxylation is 1. The molecule has 0 bridgehead atoms. The Morgan fingerprint density at radius 2 is 2.19 bits per heavy atom. The highest BCUT2D eigenvalue weighted by atomic mass is 19.1. The van der Waals surface area contributed by atoms with Gasteiger partial charge in [0.25, 0.3) is 0 Å². The zero-order valence-corrected chi connectivity index (χ0v) is 8.47. The van der Waals surface area contributed by atoms with E-state index in [-0.39, 0.29) is 22.3 Å². The van der Waals surface area contributed by atoms with Gasteiger partial charge in [0.1, 0.15) is 23.3 Å². The Hall–Kier alpha value is -2.35. The maximum Gasteiger partial charge on any atom is 0.209 e. The van der Waals surface area contributed by atoms with Crippen molar-refractivity contribution in [2.45, 2.75) is 6.92 Å². The standard InChI is InChI=1S/C11H8FN3O/c1-5-7(12)2-3-8-9(5)10(16)6(4-13)11(14)15-8/h2-3H,1H3,(H3,14,15,16). The topological polar surface area (TPSA) is 82.7 Å². The van der Waals surface area contributed by atoms with E-state index in [0.29, 0.717) is 5.52 Å². The monoisotopic (exact) mass is 217 g/mol. The first-order valence-corrected chi connectivity index (χ1v) is 4.57. The molecule has 0 saturated carbocycles. The number of pyridine rings is 1. The molecule has 0 amide bonds. The maximum absolute atomic E-state index is 13.3. The molecule has 0 radical (unpaired) electrons. The molecule has 0 aliphatic heterocycles. The fraction of sp³-hybridized carbons (Fsp3) is 0.0909. The summed E-state index contributed by atoms with van der Waals surface area (Å²) in [7, 11) is 0. The maximum atomic E-state index is 13.3. The van der Waals surface area contributed by atoms with Crippen LogP contribution in [0.4, 0.5) is 10.2 Å². The van der Waals surface area contributed by atoms with Gasteiger partial charge >= 0.3 is 0 Å². The molecule has 0 aliphatic carbocycles. The zero-order chi connectivity index (χ0) is 11.9. The number of hydrogen-bond donors (Lipinski definition) is 2. The minimum atomic E-state index is -0.536. The van der Waals surface area contributed by atoms with Crippen LogP contribution in [0.3, 0.4) is 0 Å². The average molecular weight is 217 g/mol. The quantitative estimate of drug-likeness (QED) is 0.700. The summed E-state index contributed by atoms with van der Waals surface area (Å²) in [4.78, 5) is 14.6. The Morgan fingerprint density at radius 3 is 2.81 bits per heavy atom. The van der Waals surface area contributed by atoms with Gasteiger partial charge in [-0.05, 0) is 24.6 Å². The second-order valence-corrected chi connectivity index (χ2v) is 3.45. The van der Waals surface area contributed by atoms with Gasteiger partial charge in [-0.15, -0.1) is 0 Å². The van der Waals surface area contributed by atoms with Crippen molar-refractivity contribution in [3.05, 3.63) is 39.3 Å². The lowest BCUT2D eigenvalue weighted by Crippen LogP contribution is -2.13. The molecule has 1 aromatic carbocycles. The number of nitriles is 1. The van der Waals surface area contributed by atoms with Crippen LogP contribution in [-0.2, 0) is 0 Å². The van der Waals surface area contributed by atoms with Gasteiger partial charge in [0.15, 0.2) is 0 Å². The first-order valence-electron chi connectivity index (χ1n) is 4.57. The minimum absolute atomic E-state index is 0.00556. The number of H-pyrrole nitrogens is 1. The zero-order valence-electron chi connectivity index (χ0n) is 8.47. The number of anilines is 1. The Balaban J connectivity index is 3.09. The largest absolute Gasteiger partial charge is 0.384 e. The van der Waals surface area contributed by atoms with Gasteiger partial charge in [-0.25, -0.2) is 4.39 Å². The summed E-state index contributed by atoms with van der Waals surface area (Å²) in [6.45, 7) is 1.49. The molecule has 0 saturated heterocycles. The van der Waals surface area contributed by atoms with E-state index in [0.717, 1.165) is 0 Å². The molecule has 0 spiro atoms. The number of fused-ring (bicyclic) bond motifs is 1. The van der Waals surface area contributed by atoms with Crippen molar-refractivity contribution in [3.8, 4) is 6.07 Å². The number of nitrogens with zero attached hydrogens (tertiary/aromatic N) is 1. The van der Waals surface area contributed by atoms with Gasteiger partial charge in [0.2, 0.25) is 5.43 Å². The van der Waals surface area contributed by atoms with Crippen LogP contribution < -0.4 is 11.2 Å². The number of hydrogen-bond acceptors (Lipinski definition) is 3. The number of halogens is 1. The van der Waals surface area contributed by atoms with Crippen LogP contribution in [0.2, 0.25) is 0 Å². The van der Waals surface area contributed by atoms with Gasteiger partial charge < -0.3 is 10.7 Å². The van der Waals surface area contributed by atoms with Crippen LogP contribution in [0.5, 0.6) is 0 Å². The number of rotatable bonds is 0. The summed E-state index contributed by atoms with van der Waals surface area (Å²) in [5, 5.41) is 8.95. The Kier molecular flexibility index (Phi) is 2.13. The van der Waals surface area contributed by atoms with E-state index >= 15 is 0 Å². The molecule has 80 valence electrons. The number of nitrogens with two attached hydrogens (primary N) is 1. The van der Waals surface area contributed by atoms with Crippen LogP contribution in [-0.4, -0.2) is 4.98 Å². The summed E-state index contributed by atoms with van der Waals surface area (Å²) in [6, 6.07) is 4.39. The number of nitrogens with one attached hydrogen (secondary N) is 1. The molecular weight excluding hydrogens is 209 g/mol. The Bertz CT molecular complexity index is 682. The van der Waals surface area contributed by atoms with Crippen molar-refractivity contribution in [1.82, 2.24) is 4.98 Å². The van der Waals surface area contributed by atoms with Crippen LogP contribution in [0.15, 0.2) is 16.9 Å². The smallest absolute Gasteiger partial charge is 0.209 e. The fourth-order valence-corrected chi connectivity index (χ4v) is 1.65. The first kappa shape index (κ1) is 10.2. The van der Waals surface area contributed by atoms with E-state index in [9.17, 15) is 9.18 Å². The molecule has 16 heavy (non-hydrogen) atoms. The van der Waals surface area contributed by atoms with Crippen molar-refractivity contribution in [1.29, 1.82) is 5.26 Å². The highest BCUT2D eigenvalue weighted by molar-refractivity contribution is 5.85. The lowest BCUT2D eigenvalue weighted by atomic mass is 10.1. The van der Waals surface area contributed by atoms with Crippen LogP contribution in [0.25, 0.3) is 10.9 Å². The predicted octanol–water partition coefficient (Wildman–Crippen LogP) is 1.43. The van der Waals surface area contributed by atoms with Crippen molar-refractivity contribution in [2.24, 2.45) is 0 Å². The SMILES string of the molecule is Cc1c(F)ccc2[nH]c(N)c(C#N)c(=O)c12. The summed E-state index contributed by atoms with van der Waals surface area (Å²) < 4.78 is 13.3. The molecule has 2 rings (SSSR count). The molecule has 1 heterocycles. The van der Waals surface area contributed by atoms with Crippen LogP contribution in [0, 0.1) is 24.1 Å². The van der Waals surface area contributed by atoms with Crippen LogP contribution in [0.1, 0.15) is 11.1 Å². The molecule has 3 N–H and O–H groups in total. The average Bonchev–Trinajstić information content (AvgIpc) is 2.24. The minimum Gasteiger partial charge on any atom is -0.384 e. The second-order valence-electron chi connectivity index (χ2n) is 3.45. The van der Waals surface area contributed by atoms with E-state index in [1.165, 1.54) is 19.1 Å². The number of aromatic nitrogens is 1. The highest BCUT2D eigenvalue weighted by Crippen LogP contribution is 2.18. The number of nitrogen functional groups attached to an aromatic ring is 1. The van der Waals surface area contributed by atoms with Gasteiger partial charge in [-0.2, -0.15) is 5.26 Å². The lowest BCUT2D eigenvalue weighted by Gasteiger charge is -2.05. The Morgan fingerprint density at radius 1 is 1.50 bits per heavy atom. The molecule has 0 fully saturated rings.